The molecule has 0 fully saturated rings. The number of hydrogen-bond acceptors (Lipinski definition) is 5. The molecule has 4 aromatic rings. The summed E-state index contributed by atoms with van der Waals surface area (Å²) in [6, 6.07) is 22.0. The Bertz CT molecular complexity index is 1250. The zero-order valence-corrected chi connectivity index (χ0v) is 20.2. The summed E-state index contributed by atoms with van der Waals surface area (Å²) < 4.78 is 15.0. The summed E-state index contributed by atoms with van der Waals surface area (Å²) in [5, 5.41) is 7.24. The molecule has 2 N–H and O–H groups in total. The maximum atomic E-state index is 6.23. The van der Waals surface area contributed by atoms with E-state index in [2.05, 4.69) is 62.7 Å². The molecule has 6 nitrogen and oxygen atoms in total. The first-order valence-corrected chi connectivity index (χ1v) is 11.3. The molecule has 3 aromatic carbocycles. The number of benzene rings is 3. The molecular formula is C24H23BrN4O2S. The van der Waals surface area contributed by atoms with Crippen LogP contribution in [-0.2, 0) is 13.2 Å². The molecule has 8 heteroatoms. The molecule has 0 amide bonds. The fraction of sp³-hybridized carbons (Fsp3) is 0.167. The summed E-state index contributed by atoms with van der Waals surface area (Å²) in [4.78, 5) is 0. The number of methoxy groups -OCH3 is 1. The van der Waals surface area contributed by atoms with Crippen molar-refractivity contribution in [2.24, 2.45) is 0 Å². The molecule has 0 radical (unpaired) electrons. The zero-order valence-electron chi connectivity index (χ0n) is 17.8. The molecule has 164 valence electrons. The van der Waals surface area contributed by atoms with Crippen LogP contribution < -0.4 is 14.9 Å². The highest BCUT2D eigenvalue weighted by Crippen LogP contribution is 2.37. The molecule has 0 saturated carbocycles. The summed E-state index contributed by atoms with van der Waals surface area (Å²) in [6.07, 6.45) is 0. The number of aromatic amines is 1. The predicted octanol–water partition coefficient (Wildman–Crippen LogP) is 6.01. The first-order valence-electron chi connectivity index (χ1n) is 10.1. The van der Waals surface area contributed by atoms with Gasteiger partial charge in [0.25, 0.3) is 0 Å². The predicted molar refractivity (Wildman–Crippen MR) is 132 cm³/mol. The normalized spacial score (nSPS) is 10.7. The van der Waals surface area contributed by atoms with Gasteiger partial charge in [-0.3, -0.25) is 0 Å². The second-order valence-electron chi connectivity index (χ2n) is 7.22. The van der Waals surface area contributed by atoms with E-state index in [0.717, 1.165) is 21.2 Å². The van der Waals surface area contributed by atoms with Gasteiger partial charge in [0.1, 0.15) is 6.61 Å². The van der Waals surface area contributed by atoms with Crippen molar-refractivity contribution >= 4 is 28.1 Å². The standard InChI is InChI=1S/C24H23BrN4O2S/c1-16-8-10-17(11-9-16)15-31-22-19(20(25)12-13-21(22)30-2)14-26-29-23(27-28-24(29)32)18-6-4-3-5-7-18/h3-13,26H,14-15H2,1-2H3,(H,28,32). The van der Waals surface area contributed by atoms with Crippen molar-refractivity contribution in [3.63, 3.8) is 0 Å². The third-order valence-corrected chi connectivity index (χ3v) is 6.03. The lowest BCUT2D eigenvalue weighted by atomic mass is 10.1. The van der Waals surface area contributed by atoms with E-state index >= 15 is 0 Å². The molecule has 0 aliphatic rings. The molecule has 0 atom stereocenters. The first-order chi connectivity index (χ1) is 15.6. The lowest BCUT2D eigenvalue weighted by Crippen LogP contribution is -2.17. The zero-order chi connectivity index (χ0) is 22.5. The number of aromatic nitrogens is 3. The topological polar surface area (TPSA) is 64.1 Å². The molecule has 0 aliphatic heterocycles. The molecule has 0 aliphatic carbocycles. The number of rotatable bonds is 8. The van der Waals surface area contributed by atoms with E-state index in [0.29, 0.717) is 35.2 Å². The average Bonchev–Trinajstić information content (AvgIpc) is 3.19. The molecule has 0 unspecified atom stereocenters. The van der Waals surface area contributed by atoms with Crippen LogP contribution in [0.4, 0.5) is 0 Å². The Kier molecular flexibility index (Phi) is 6.92. The Morgan fingerprint density at radius 1 is 1.06 bits per heavy atom. The van der Waals surface area contributed by atoms with Crippen molar-refractivity contribution in [2.75, 3.05) is 12.5 Å². The van der Waals surface area contributed by atoms with Crippen LogP contribution in [0.25, 0.3) is 11.4 Å². The highest BCUT2D eigenvalue weighted by atomic mass is 79.9. The van der Waals surface area contributed by atoms with Gasteiger partial charge in [0, 0.05) is 15.6 Å². The van der Waals surface area contributed by atoms with Gasteiger partial charge in [-0.25, -0.2) is 9.77 Å². The van der Waals surface area contributed by atoms with Crippen LogP contribution in [0.5, 0.6) is 11.5 Å². The number of H-pyrrole nitrogens is 1. The van der Waals surface area contributed by atoms with Gasteiger partial charge in [0.15, 0.2) is 17.3 Å². The van der Waals surface area contributed by atoms with E-state index in [1.807, 2.05) is 42.5 Å². The van der Waals surface area contributed by atoms with Crippen LogP contribution in [0.3, 0.4) is 0 Å². The monoisotopic (exact) mass is 510 g/mol. The van der Waals surface area contributed by atoms with E-state index in [-0.39, 0.29) is 0 Å². The largest absolute Gasteiger partial charge is 0.493 e. The Balaban J connectivity index is 1.61. The van der Waals surface area contributed by atoms with Gasteiger partial charge >= 0.3 is 0 Å². The van der Waals surface area contributed by atoms with E-state index in [4.69, 9.17) is 21.7 Å². The molecule has 1 heterocycles. The van der Waals surface area contributed by atoms with Gasteiger partial charge in [0.05, 0.1) is 13.7 Å². The smallest absolute Gasteiger partial charge is 0.214 e. The van der Waals surface area contributed by atoms with Crippen LogP contribution >= 0.6 is 28.1 Å². The van der Waals surface area contributed by atoms with E-state index in [1.54, 1.807) is 11.8 Å². The van der Waals surface area contributed by atoms with Crippen LogP contribution in [0.1, 0.15) is 16.7 Å². The number of nitrogens with one attached hydrogen (secondary N) is 2. The minimum absolute atomic E-state index is 0.431. The Morgan fingerprint density at radius 3 is 2.53 bits per heavy atom. The molecule has 0 saturated heterocycles. The number of aryl methyl sites for hydroxylation is 1. The van der Waals surface area contributed by atoms with Gasteiger partial charge in [0.2, 0.25) is 4.77 Å². The van der Waals surface area contributed by atoms with E-state index in [9.17, 15) is 0 Å². The van der Waals surface area contributed by atoms with Gasteiger partial charge in [-0.2, -0.15) is 5.10 Å². The third-order valence-electron chi connectivity index (χ3n) is 5.01. The fourth-order valence-electron chi connectivity index (χ4n) is 3.29. The van der Waals surface area contributed by atoms with E-state index < -0.39 is 0 Å². The lowest BCUT2D eigenvalue weighted by molar-refractivity contribution is 0.281. The summed E-state index contributed by atoms with van der Waals surface area (Å²) in [5.41, 5.74) is 7.53. The summed E-state index contributed by atoms with van der Waals surface area (Å²) in [7, 11) is 1.64. The first kappa shape index (κ1) is 22.1. The Morgan fingerprint density at radius 2 is 1.81 bits per heavy atom. The van der Waals surface area contributed by atoms with Crippen molar-refractivity contribution in [3.8, 4) is 22.9 Å². The van der Waals surface area contributed by atoms with Gasteiger partial charge in [-0.05, 0) is 36.8 Å². The summed E-state index contributed by atoms with van der Waals surface area (Å²) in [5.74, 6) is 2.04. The Hall–Kier alpha value is -3.10. The second kappa shape index (κ2) is 10.0. The minimum atomic E-state index is 0.431. The molecule has 32 heavy (non-hydrogen) atoms. The van der Waals surface area contributed by atoms with Crippen LogP contribution in [0.2, 0.25) is 0 Å². The molecular weight excluding hydrogens is 488 g/mol. The maximum Gasteiger partial charge on any atom is 0.214 e. The number of halogens is 1. The molecule has 1 aromatic heterocycles. The van der Waals surface area contributed by atoms with Crippen LogP contribution in [0.15, 0.2) is 71.2 Å². The van der Waals surface area contributed by atoms with Gasteiger partial charge in [-0.15, -0.1) is 0 Å². The van der Waals surface area contributed by atoms with Crippen LogP contribution in [-0.4, -0.2) is 22.0 Å². The number of ether oxygens (including phenoxy) is 2. The quantitative estimate of drug-likeness (QED) is 0.284. The van der Waals surface area contributed by atoms with Crippen molar-refractivity contribution in [3.05, 3.63) is 92.7 Å². The van der Waals surface area contributed by atoms with E-state index in [1.165, 1.54) is 5.56 Å². The molecule has 0 bridgehead atoms. The Labute approximate surface area is 200 Å². The fourth-order valence-corrected chi connectivity index (χ4v) is 3.94. The van der Waals surface area contributed by atoms with Crippen molar-refractivity contribution in [2.45, 2.75) is 20.1 Å². The molecule has 0 spiro atoms. The summed E-state index contributed by atoms with van der Waals surface area (Å²) in [6.45, 7) is 2.94. The van der Waals surface area contributed by atoms with Gasteiger partial charge < -0.3 is 14.9 Å². The highest BCUT2D eigenvalue weighted by Gasteiger charge is 2.16. The number of nitrogens with zero attached hydrogens (tertiary/aromatic N) is 2. The van der Waals surface area contributed by atoms with Crippen molar-refractivity contribution in [1.82, 2.24) is 14.9 Å². The highest BCUT2D eigenvalue weighted by molar-refractivity contribution is 9.10. The van der Waals surface area contributed by atoms with Crippen molar-refractivity contribution < 1.29 is 9.47 Å². The SMILES string of the molecule is COc1ccc(Br)c(CNn2c(-c3ccccc3)n[nH]c2=S)c1OCc1ccc(C)cc1. The van der Waals surface area contributed by atoms with Crippen molar-refractivity contribution in [1.29, 1.82) is 0 Å². The van der Waals surface area contributed by atoms with Crippen LogP contribution in [0, 0.1) is 11.7 Å². The molecule has 4 rings (SSSR count). The summed E-state index contributed by atoms with van der Waals surface area (Å²) >= 11 is 9.10. The average molecular weight is 511 g/mol. The van der Waals surface area contributed by atoms with Gasteiger partial charge in [-0.1, -0.05) is 76.1 Å². The third kappa shape index (κ3) is 4.87. The minimum Gasteiger partial charge on any atom is -0.493 e. The second-order valence-corrected chi connectivity index (χ2v) is 8.46. The maximum absolute atomic E-state index is 6.23. The number of hydrogen-bond donors (Lipinski definition) is 2. The lowest BCUT2D eigenvalue weighted by Gasteiger charge is -2.18.